The van der Waals surface area contributed by atoms with E-state index in [-0.39, 0.29) is 5.56 Å². The summed E-state index contributed by atoms with van der Waals surface area (Å²) in [4.78, 5) is 17.3. The molecule has 0 radical (unpaired) electrons. The number of hydrogen-bond donors (Lipinski definition) is 1. The van der Waals surface area contributed by atoms with Crippen LogP contribution in [0.5, 0.6) is 5.75 Å². The molecule has 3 rings (SSSR count). The Balaban J connectivity index is 1.61. The zero-order chi connectivity index (χ0) is 19.9. The molecule has 0 atom stereocenters. The number of nitrogens with zero attached hydrogens (tertiary/aromatic N) is 2. The van der Waals surface area contributed by atoms with Gasteiger partial charge in [-0.2, -0.15) is 0 Å². The minimum Gasteiger partial charge on any atom is -0.497 e. The van der Waals surface area contributed by atoms with Gasteiger partial charge in [0.2, 0.25) is 0 Å². The van der Waals surface area contributed by atoms with Gasteiger partial charge in [-0.1, -0.05) is 31.2 Å². The second-order valence-electron chi connectivity index (χ2n) is 7.01. The number of hydrogen-bond acceptors (Lipinski definition) is 4. The summed E-state index contributed by atoms with van der Waals surface area (Å²) in [5.74, 6) is -0.618. The van der Waals surface area contributed by atoms with Crippen molar-refractivity contribution in [3.05, 3.63) is 65.0 Å². The number of piperazine rings is 1. The van der Waals surface area contributed by atoms with Crippen LogP contribution in [-0.2, 0) is 13.1 Å². The first-order valence-corrected chi connectivity index (χ1v) is 9.74. The molecule has 1 amide bonds. The van der Waals surface area contributed by atoms with E-state index in [4.69, 9.17) is 4.74 Å². The SMILES string of the molecule is CCN1CCN(Cc2ccccc2CNC(=O)c2ccc(OC)cc2F)CC1. The van der Waals surface area contributed by atoms with Gasteiger partial charge in [0, 0.05) is 45.3 Å². The quantitative estimate of drug-likeness (QED) is 0.796. The van der Waals surface area contributed by atoms with Crippen molar-refractivity contribution >= 4 is 5.91 Å². The summed E-state index contributed by atoms with van der Waals surface area (Å²) in [6.07, 6.45) is 0. The van der Waals surface area contributed by atoms with Crippen LogP contribution in [0.15, 0.2) is 42.5 Å². The van der Waals surface area contributed by atoms with Gasteiger partial charge in [0.15, 0.2) is 0 Å². The largest absolute Gasteiger partial charge is 0.497 e. The van der Waals surface area contributed by atoms with E-state index in [1.807, 2.05) is 18.2 Å². The molecule has 1 aliphatic rings. The second-order valence-corrected chi connectivity index (χ2v) is 7.01. The topological polar surface area (TPSA) is 44.8 Å². The molecule has 0 aromatic heterocycles. The summed E-state index contributed by atoms with van der Waals surface area (Å²) < 4.78 is 19.1. The van der Waals surface area contributed by atoms with E-state index >= 15 is 0 Å². The standard InChI is InChI=1S/C22H28FN3O2/c1-3-25-10-12-26(13-11-25)16-18-7-5-4-6-17(18)15-24-22(27)20-9-8-19(28-2)14-21(20)23/h4-9,14H,3,10-13,15-16H2,1-2H3,(H,24,27). The van der Waals surface area contributed by atoms with Crippen molar-refractivity contribution in [2.24, 2.45) is 0 Å². The van der Waals surface area contributed by atoms with Gasteiger partial charge in [0.1, 0.15) is 11.6 Å². The van der Waals surface area contributed by atoms with Gasteiger partial charge in [0.25, 0.3) is 5.91 Å². The molecule has 1 fully saturated rings. The van der Waals surface area contributed by atoms with Crippen LogP contribution in [-0.4, -0.2) is 55.5 Å². The zero-order valence-corrected chi connectivity index (χ0v) is 16.6. The third-order valence-corrected chi connectivity index (χ3v) is 5.28. The fraction of sp³-hybridized carbons (Fsp3) is 0.409. The number of ether oxygens (including phenoxy) is 1. The Morgan fingerprint density at radius 3 is 2.39 bits per heavy atom. The van der Waals surface area contributed by atoms with Crippen LogP contribution >= 0.6 is 0 Å². The highest BCUT2D eigenvalue weighted by Gasteiger charge is 2.17. The lowest BCUT2D eigenvalue weighted by molar-refractivity contribution is 0.0946. The second kappa shape index (κ2) is 9.66. The van der Waals surface area contributed by atoms with E-state index in [1.54, 1.807) is 6.07 Å². The Kier molecular flexibility index (Phi) is 7.01. The summed E-state index contributed by atoms with van der Waals surface area (Å²) in [5.41, 5.74) is 2.28. The van der Waals surface area contributed by atoms with Crippen LogP contribution in [0.2, 0.25) is 0 Å². The predicted octanol–water partition coefficient (Wildman–Crippen LogP) is 2.90. The van der Waals surface area contributed by atoms with Crippen LogP contribution in [0.25, 0.3) is 0 Å². The number of carbonyl (C=O) groups excluding carboxylic acids is 1. The van der Waals surface area contributed by atoms with Crippen molar-refractivity contribution in [1.82, 2.24) is 15.1 Å². The number of amides is 1. The molecule has 0 saturated carbocycles. The van der Waals surface area contributed by atoms with Gasteiger partial charge in [-0.25, -0.2) is 4.39 Å². The minimum atomic E-state index is -0.584. The van der Waals surface area contributed by atoms with Crippen LogP contribution < -0.4 is 10.1 Å². The molecular formula is C22H28FN3O2. The first-order chi connectivity index (χ1) is 13.6. The van der Waals surface area contributed by atoms with Crippen molar-refractivity contribution in [3.8, 4) is 5.75 Å². The number of halogens is 1. The number of likely N-dealkylation sites (N-methyl/N-ethyl adjacent to an activating group) is 1. The van der Waals surface area contributed by atoms with E-state index in [2.05, 4.69) is 28.1 Å². The molecule has 150 valence electrons. The van der Waals surface area contributed by atoms with Crippen molar-refractivity contribution in [2.45, 2.75) is 20.0 Å². The molecule has 0 spiro atoms. The summed E-state index contributed by atoms with van der Waals surface area (Å²) in [5, 5.41) is 2.84. The van der Waals surface area contributed by atoms with Crippen molar-refractivity contribution in [3.63, 3.8) is 0 Å². The summed E-state index contributed by atoms with van der Waals surface area (Å²) >= 11 is 0. The van der Waals surface area contributed by atoms with E-state index in [0.717, 1.165) is 44.8 Å². The molecule has 0 aliphatic carbocycles. The highest BCUT2D eigenvalue weighted by atomic mass is 19.1. The number of nitrogens with one attached hydrogen (secondary N) is 1. The Labute approximate surface area is 166 Å². The summed E-state index contributed by atoms with van der Waals surface area (Å²) in [6.45, 7) is 8.79. The molecule has 1 saturated heterocycles. The maximum absolute atomic E-state index is 14.1. The van der Waals surface area contributed by atoms with Gasteiger partial charge >= 0.3 is 0 Å². The van der Waals surface area contributed by atoms with Crippen LogP contribution in [0.3, 0.4) is 0 Å². The highest BCUT2D eigenvalue weighted by molar-refractivity contribution is 5.94. The average molecular weight is 385 g/mol. The van der Waals surface area contributed by atoms with Crippen molar-refractivity contribution < 1.29 is 13.9 Å². The van der Waals surface area contributed by atoms with Crippen LogP contribution in [0.1, 0.15) is 28.4 Å². The van der Waals surface area contributed by atoms with E-state index in [9.17, 15) is 9.18 Å². The molecule has 2 aromatic rings. The fourth-order valence-corrected chi connectivity index (χ4v) is 3.47. The molecule has 28 heavy (non-hydrogen) atoms. The van der Waals surface area contributed by atoms with Crippen LogP contribution in [0.4, 0.5) is 4.39 Å². The smallest absolute Gasteiger partial charge is 0.254 e. The number of carbonyl (C=O) groups is 1. The monoisotopic (exact) mass is 385 g/mol. The van der Waals surface area contributed by atoms with Crippen LogP contribution in [0, 0.1) is 5.82 Å². The molecule has 6 heteroatoms. The van der Waals surface area contributed by atoms with Gasteiger partial charge in [0.05, 0.1) is 12.7 Å². The molecule has 5 nitrogen and oxygen atoms in total. The molecule has 0 unspecified atom stereocenters. The molecule has 0 bridgehead atoms. The first-order valence-electron chi connectivity index (χ1n) is 9.74. The zero-order valence-electron chi connectivity index (χ0n) is 16.6. The lowest BCUT2D eigenvalue weighted by atomic mass is 10.1. The van der Waals surface area contributed by atoms with Gasteiger partial charge < -0.3 is 15.0 Å². The molecule has 1 N–H and O–H groups in total. The number of rotatable bonds is 7. The van der Waals surface area contributed by atoms with Gasteiger partial charge in [-0.05, 0) is 29.8 Å². The molecule has 1 aliphatic heterocycles. The predicted molar refractivity (Wildman–Crippen MR) is 108 cm³/mol. The van der Waals surface area contributed by atoms with E-state index < -0.39 is 11.7 Å². The Morgan fingerprint density at radius 2 is 1.75 bits per heavy atom. The van der Waals surface area contributed by atoms with E-state index in [0.29, 0.717) is 12.3 Å². The lowest BCUT2D eigenvalue weighted by Gasteiger charge is -2.34. The third kappa shape index (κ3) is 5.09. The third-order valence-electron chi connectivity index (χ3n) is 5.28. The Bertz CT molecular complexity index is 804. The maximum atomic E-state index is 14.1. The number of benzene rings is 2. The van der Waals surface area contributed by atoms with Crippen molar-refractivity contribution in [2.75, 3.05) is 39.8 Å². The summed E-state index contributed by atoms with van der Waals surface area (Å²) in [7, 11) is 1.47. The fourth-order valence-electron chi connectivity index (χ4n) is 3.47. The maximum Gasteiger partial charge on any atom is 0.254 e. The normalized spacial score (nSPS) is 15.4. The lowest BCUT2D eigenvalue weighted by Crippen LogP contribution is -2.45. The molecule has 1 heterocycles. The molecule has 2 aromatic carbocycles. The first kappa shape index (κ1) is 20.3. The van der Waals surface area contributed by atoms with Crippen molar-refractivity contribution in [1.29, 1.82) is 0 Å². The molecular weight excluding hydrogens is 357 g/mol. The van der Waals surface area contributed by atoms with E-state index in [1.165, 1.54) is 24.8 Å². The summed E-state index contributed by atoms with van der Waals surface area (Å²) in [6, 6.07) is 12.4. The number of methoxy groups -OCH3 is 1. The average Bonchev–Trinajstić information content (AvgIpc) is 2.73. The Hall–Kier alpha value is -2.44. The Morgan fingerprint density at radius 1 is 1.07 bits per heavy atom. The minimum absolute atomic E-state index is 0.0222. The van der Waals surface area contributed by atoms with Gasteiger partial charge in [-0.3, -0.25) is 9.69 Å². The highest BCUT2D eigenvalue weighted by Crippen LogP contribution is 2.17. The van der Waals surface area contributed by atoms with Gasteiger partial charge in [-0.15, -0.1) is 0 Å².